The Bertz CT molecular complexity index is 1320. The van der Waals surface area contributed by atoms with Gasteiger partial charge in [0, 0.05) is 0 Å². The molecule has 2 heterocycles. The zero-order valence-corrected chi connectivity index (χ0v) is 18.5. The van der Waals surface area contributed by atoms with Gasteiger partial charge >= 0.3 is 0 Å². The fourth-order valence-electron chi connectivity index (χ4n) is 3.91. The van der Waals surface area contributed by atoms with Crippen molar-refractivity contribution in [2.45, 2.75) is 19.8 Å². The van der Waals surface area contributed by atoms with Crippen LogP contribution in [0.15, 0.2) is 53.9 Å². The quantitative estimate of drug-likeness (QED) is 0.594. The highest BCUT2D eigenvalue weighted by molar-refractivity contribution is 5.75. The van der Waals surface area contributed by atoms with Crippen LogP contribution < -0.4 is 25.7 Å². The van der Waals surface area contributed by atoms with Gasteiger partial charge in [-0.25, -0.2) is 4.68 Å². The molecule has 2 aromatic carbocycles. The van der Waals surface area contributed by atoms with Gasteiger partial charge in [0.05, 0.1) is 30.0 Å². The molecule has 0 spiro atoms. The maximum Gasteiger partial charge on any atom is 0.255 e. The van der Waals surface area contributed by atoms with Crippen LogP contribution in [0, 0.1) is 25.2 Å². The van der Waals surface area contributed by atoms with Gasteiger partial charge in [-0.3, -0.25) is 4.79 Å². The average molecular weight is 445 g/mol. The number of aryl methyl sites for hydroxylation is 2. The molecule has 33 heavy (non-hydrogen) atoms. The summed E-state index contributed by atoms with van der Waals surface area (Å²) in [5.41, 5.74) is 15.7. The monoisotopic (exact) mass is 445 g/mol. The molecule has 0 saturated heterocycles. The van der Waals surface area contributed by atoms with Crippen LogP contribution in [0.25, 0.3) is 5.69 Å². The lowest BCUT2D eigenvalue weighted by Crippen LogP contribution is -2.22. The van der Waals surface area contributed by atoms with Crippen molar-refractivity contribution < 1.29 is 19.0 Å². The summed E-state index contributed by atoms with van der Waals surface area (Å²) < 4.78 is 18.5. The van der Waals surface area contributed by atoms with Gasteiger partial charge in [-0.2, -0.15) is 10.4 Å². The van der Waals surface area contributed by atoms with E-state index >= 15 is 0 Å². The van der Waals surface area contributed by atoms with Crippen LogP contribution >= 0.6 is 0 Å². The first-order chi connectivity index (χ1) is 15.8. The van der Waals surface area contributed by atoms with Crippen molar-refractivity contribution in [2.24, 2.45) is 11.5 Å². The number of nitrogens with zero attached hydrogens (tertiary/aromatic N) is 3. The minimum atomic E-state index is -0.600. The summed E-state index contributed by atoms with van der Waals surface area (Å²) in [6.07, 6.45) is 0. The Balaban J connectivity index is 1.86. The molecular formula is C24H23N5O4. The number of aromatic nitrogens is 2. The largest absolute Gasteiger partial charge is 0.493 e. The van der Waals surface area contributed by atoms with Crippen LogP contribution in [-0.4, -0.2) is 29.4 Å². The van der Waals surface area contributed by atoms with Gasteiger partial charge in [0.2, 0.25) is 11.8 Å². The number of rotatable bonds is 6. The summed E-state index contributed by atoms with van der Waals surface area (Å²) in [7, 11) is 1.49. The number of hydrogen-bond donors (Lipinski definition) is 2. The molecule has 1 aliphatic rings. The molecule has 0 bridgehead atoms. The van der Waals surface area contributed by atoms with Crippen molar-refractivity contribution in [3.8, 4) is 29.1 Å². The van der Waals surface area contributed by atoms with Gasteiger partial charge in [0.1, 0.15) is 11.6 Å². The van der Waals surface area contributed by atoms with Gasteiger partial charge in [0.15, 0.2) is 18.1 Å². The Morgan fingerprint density at radius 2 is 2.03 bits per heavy atom. The van der Waals surface area contributed by atoms with Crippen molar-refractivity contribution in [3.63, 3.8) is 0 Å². The molecule has 168 valence electrons. The zero-order valence-electron chi connectivity index (χ0n) is 18.5. The number of fused-ring (bicyclic) bond motifs is 1. The summed E-state index contributed by atoms with van der Waals surface area (Å²) in [6.45, 7) is 3.57. The van der Waals surface area contributed by atoms with Crippen LogP contribution in [0.3, 0.4) is 0 Å². The van der Waals surface area contributed by atoms with Gasteiger partial charge in [-0.05, 0) is 49.2 Å². The van der Waals surface area contributed by atoms with E-state index in [0.717, 1.165) is 22.4 Å². The second-order valence-corrected chi connectivity index (χ2v) is 7.65. The summed E-state index contributed by atoms with van der Waals surface area (Å²) in [5.74, 6) is 0.0778. The van der Waals surface area contributed by atoms with E-state index in [9.17, 15) is 10.1 Å². The van der Waals surface area contributed by atoms with Crippen LogP contribution in [0.1, 0.15) is 28.3 Å². The van der Waals surface area contributed by atoms with Crippen molar-refractivity contribution in [1.82, 2.24) is 9.78 Å². The van der Waals surface area contributed by atoms with E-state index < -0.39 is 11.8 Å². The number of amides is 1. The number of carbonyl (C=O) groups excluding carboxylic acids is 1. The first kappa shape index (κ1) is 21.8. The Hall–Kier alpha value is -4.45. The lowest BCUT2D eigenvalue weighted by Gasteiger charge is -2.25. The number of ether oxygens (including phenoxy) is 3. The molecule has 4 N–H and O–H groups in total. The van der Waals surface area contributed by atoms with E-state index in [2.05, 4.69) is 11.2 Å². The molecule has 4 rings (SSSR count). The highest BCUT2D eigenvalue weighted by Gasteiger charge is 2.36. The maximum atomic E-state index is 11.1. The summed E-state index contributed by atoms with van der Waals surface area (Å²) in [6, 6.07) is 15.2. The number of benzene rings is 2. The molecule has 1 atom stereocenters. The predicted octanol–water partition coefficient (Wildman–Crippen LogP) is 2.58. The second-order valence-electron chi connectivity index (χ2n) is 7.65. The van der Waals surface area contributed by atoms with Crippen molar-refractivity contribution in [1.29, 1.82) is 5.26 Å². The number of hydrogen-bond acceptors (Lipinski definition) is 7. The molecular weight excluding hydrogens is 422 g/mol. The SMILES string of the molecule is COc1cc([C@@H]2C(C#N)=C(N)Oc3c2c(C)nn3-c2cccc(C)c2)ccc1OCC(N)=O. The van der Waals surface area contributed by atoms with Crippen LogP contribution in [-0.2, 0) is 4.79 Å². The second kappa shape index (κ2) is 8.59. The van der Waals surface area contributed by atoms with Crippen molar-refractivity contribution in [3.05, 3.63) is 76.3 Å². The molecule has 0 radical (unpaired) electrons. The van der Waals surface area contributed by atoms with Gasteiger partial charge in [-0.15, -0.1) is 0 Å². The van der Waals surface area contributed by atoms with Crippen LogP contribution in [0.4, 0.5) is 0 Å². The molecule has 0 aliphatic carbocycles. The highest BCUT2D eigenvalue weighted by Crippen LogP contribution is 2.46. The molecule has 0 fully saturated rings. The number of carbonyl (C=O) groups is 1. The van der Waals surface area contributed by atoms with Crippen molar-refractivity contribution >= 4 is 5.91 Å². The number of allylic oxidation sites excluding steroid dienone is 1. The molecule has 0 unspecified atom stereocenters. The number of nitrogens with two attached hydrogens (primary N) is 2. The normalized spacial score (nSPS) is 14.8. The number of nitriles is 1. The van der Waals surface area contributed by atoms with E-state index in [4.69, 9.17) is 25.7 Å². The standard InChI is InChI=1S/C24H23N5O4/c1-13-5-4-6-16(9-13)29-24-21(14(2)28-29)22(17(11-25)23(27)33-24)15-7-8-18(19(10-15)31-3)32-12-20(26)30/h4-10,22H,12,27H2,1-3H3,(H2,26,30)/t22-/m1/s1. The van der Waals surface area contributed by atoms with E-state index in [1.165, 1.54) is 7.11 Å². The third-order valence-electron chi connectivity index (χ3n) is 5.37. The first-order valence-electron chi connectivity index (χ1n) is 10.2. The Kier molecular flexibility index (Phi) is 5.67. The van der Waals surface area contributed by atoms with E-state index in [-0.39, 0.29) is 18.1 Å². The third kappa shape index (κ3) is 3.94. The molecule has 9 heteroatoms. The van der Waals surface area contributed by atoms with Crippen LogP contribution in [0.5, 0.6) is 17.4 Å². The fraction of sp³-hybridized carbons (Fsp3) is 0.208. The lowest BCUT2D eigenvalue weighted by atomic mass is 9.84. The zero-order chi connectivity index (χ0) is 23.7. The highest BCUT2D eigenvalue weighted by atomic mass is 16.5. The molecule has 0 saturated carbocycles. The Labute approximate surface area is 190 Å². The number of methoxy groups -OCH3 is 1. The molecule has 3 aromatic rings. The average Bonchev–Trinajstić information content (AvgIpc) is 3.12. The van der Waals surface area contributed by atoms with Gasteiger partial charge < -0.3 is 25.7 Å². The van der Waals surface area contributed by atoms with E-state index in [1.54, 1.807) is 22.9 Å². The molecule has 1 amide bonds. The molecule has 1 aliphatic heterocycles. The van der Waals surface area contributed by atoms with Gasteiger partial charge in [-0.1, -0.05) is 18.2 Å². The minimum absolute atomic E-state index is 0.0109. The predicted molar refractivity (Wildman–Crippen MR) is 120 cm³/mol. The van der Waals surface area contributed by atoms with Crippen LogP contribution in [0.2, 0.25) is 0 Å². The van der Waals surface area contributed by atoms with Gasteiger partial charge in [0.25, 0.3) is 5.91 Å². The lowest BCUT2D eigenvalue weighted by molar-refractivity contribution is -0.119. The topological polar surface area (TPSA) is 138 Å². The Morgan fingerprint density at radius 1 is 1.24 bits per heavy atom. The minimum Gasteiger partial charge on any atom is -0.493 e. The third-order valence-corrected chi connectivity index (χ3v) is 5.37. The summed E-state index contributed by atoms with van der Waals surface area (Å²) >= 11 is 0. The smallest absolute Gasteiger partial charge is 0.255 e. The van der Waals surface area contributed by atoms with Crippen molar-refractivity contribution in [2.75, 3.05) is 13.7 Å². The fourth-order valence-corrected chi connectivity index (χ4v) is 3.91. The van der Waals surface area contributed by atoms with E-state index in [0.29, 0.717) is 23.1 Å². The first-order valence-corrected chi connectivity index (χ1v) is 10.2. The Morgan fingerprint density at radius 3 is 2.70 bits per heavy atom. The summed E-state index contributed by atoms with van der Waals surface area (Å²) in [4.78, 5) is 11.1. The molecule has 9 nitrogen and oxygen atoms in total. The molecule has 1 aromatic heterocycles. The number of primary amides is 1. The van der Waals surface area contributed by atoms with E-state index in [1.807, 2.05) is 38.1 Å². The summed E-state index contributed by atoms with van der Waals surface area (Å²) in [5, 5.41) is 14.6. The maximum absolute atomic E-state index is 11.1.